The Labute approximate surface area is 107 Å². The molecule has 1 aromatic heterocycles. The number of carbonyl (C=O) groups excluding carboxylic acids is 1. The Kier molecular flexibility index (Phi) is 5.11. The van der Waals surface area contributed by atoms with Crippen molar-refractivity contribution in [1.82, 2.24) is 0 Å². The van der Waals surface area contributed by atoms with Crippen LogP contribution < -0.4 is 9.57 Å². The van der Waals surface area contributed by atoms with E-state index in [1.54, 1.807) is 30.2 Å². The SMILES string of the molecule is CC.COC(=O)c1ccc2c(ccc[n+]2OC)c1. The quantitative estimate of drug-likeness (QED) is 0.603. The molecule has 0 aliphatic carbocycles. The monoisotopic (exact) mass is 248 g/mol. The maximum atomic E-state index is 11.4. The van der Waals surface area contributed by atoms with Crippen LogP contribution >= 0.6 is 0 Å². The molecule has 2 rings (SSSR count). The number of nitrogens with zero attached hydrogens (tertiary/aromatic N) is 1. The number of esters is 1. The van der Waals surface area contributed by atoms with E-state index in [4.69, 9.17) is 4.84 Å². The zero-order chi connectivity index (χ0) is 13.5. The van der Waals surface area contributed by atoms with E-state index in [-0.39, 0.29) is 5.97 Å². The van der Waals surface area contributed by atoms with Crippen LogP contribution in [0.4, 0.5) is 0 Å². The molecule has 0 atom stereocenters. The van der Waals surface area contributed by atoms with Gasteiger partial charge < -0.3 is 4.74 Å². The van der Waals surface area contributed by atoms with Gasteiger partial charge in [-0.1, -0.05) is 13.8 Å². The first kappa shape index (κ1) is 14.0. The zero-order valence-electron chi connectivity index (χ0n) is 11.1. The molecule has 0 saturated heterocycles. The van der Waals surface area contributed by atoms with Crippen molar-refractivity contribution in [2.75, 3.05) is 14.2 Å². The van der Waals surface area contributed by atoms with Gasteiger partial charge in [0.25, 0.3) is 5.52 Å². The second kappa shape index (κ2) is 6.59. The highest BCUT2D eigenvalue weighted by Gasteiger charge is 2.12. The van der Waals surface area contributed by atoms with Crippen LogP contribution in [0.5, 0.6) is 0 Å². The van der Waals surface area contributed by atoms with Crippen molar-refractivity contribution in [3.8, 4) is 0 Å². The zero-order valence-corrected chi connectivity index (χ0v) is 11.1. The molecule has 0 aliphatic rings. The van der Waals surface area contributed by atoms with E-state index in [1.165, 1.54) is 7.11 Å². The van der Waals surface area contributed by atoms with Gasteiger partial charge in [-0.2, -0.15) is 0 Å². The number of hydrogen-bond donors (Lipinski definition) is 0. The number of benzene rings is 1. The second-order valence-corrected chi connectivity index (χ2v) is 3.28. The van der Waals surface area contributed by atoms with E-state index in [1.807, 2.05) is 32.0 Å². The average Bonchev–Trinajstić information content (AvgIpc) is 2.47. The Morgan fingerprint density at radius 1 is 1.17 bits per heavy atom. The van der Waals surface area contributed by atoms with Crippen LogP contribution in [0, 0.1) is 0 Å². The minimum atomic E-state index is -0.338. The molecule has 0 saturated carbocycles. The van der Waals surface area contributed by atoms with E-state index in [0.29, 0.717) is 5.56 Å². The van der Waals surface area contributed by atoms with E-state index in [0.717, 1.165) is 10.9 Å². The van der Waals surface area contributed by atoms with Gasteiger partial charge in [0.15, 0.2) is 0 Å². The summed E-state index contributed by atoms with van der Waals surface area (Å²) in [6.07, 6.45) is 1.81. The predicted molar refractivity (Wildman–Crippen MR) is 69.3 cm³/mol. The molecule has 0 radical (unpaired) electrons. The summed E-state index contributed by atoms with van der Waals surface area (Å²) in [7, 11) is 2.96. The molecular formula is C14H18NO3+. The maximum absolute atomic E-state index is 11.4. The normalized spacial score (nSPS) is 9.33. The molecule has 4 nitrogen and oxygen atoms in total. The molecule has 1 aromatic carbocycles. The predicted octanol–water partition coefficient (Wildman–Crippen LogP) is 2.00. The fourth-order valence-corrected chi connectivity index (χ4v) is 1.60. The Hall–Kier alpha value is -2.10. The molecule has 18 heavy (non-hydrogen) atoms. The van der Waals surface area contributed by atoms with E-state index in [9.17, 15) is 4.79 Å². The third-order valence-corrected chi connectivity index (χ3v) is 2.38. The van der Waals surface area contributed by atoms with Gasteiger partial charge in [0, 0.05) is 16.9 Å². The third kappa shape index (κ3) is 2.77. The number of aromatic nitrogens is 1. The largest absolute Gasteiger partial charge is 0.465 e. The van der Waals surface area contributed by atoms with Crippen molar-refractivity contribution in [2.24, 2.45) is 0 Å². The Morgan fingerprint density at radius 2 is 1.89 bits per heavy atom. The topological polar surface area (TPSA) is 39.4 Å². The first-order chi connectivity index (χ1) is 8.76. The first-order valence-corrected chi connectivity index (χ1v) is 5.83. The van der Waals surface area contributed by atoms with Gasteiger partial charge in [-0.15, -0.1) is 0 Å². The van der Waals surface area contributed by atoms with E-state index < -0.39 is 0 Å². The summed E-state index contributed by atoms with van der Waals surface area (Å²) in [4.78, 5) is 16.5. The molecule has 96 valence electrons. The lowest BCUT2D eigenvalue weighted by atomic mass is 10.1. The fraction of sp³-hybridized carbons (Fsp3) is 0.286. The third-order valence-electron chi connectivity index (χ3n) is 2.38. The Bertz CT molecular complexity index is 538. The molecule has 0 amide bonds. The van der Waals surface area contributed by atoms with Gasteiger partial charge in [0.1, 0.15) is 7.11 Å². The van der Waals surface area contributed by atoms with Crippen LogP contribution in [0.25, 0.3) is 10.9 Å². The number of pyridine rings is 1. The Balaban J connectivity index is 0.000000771. The first-order valence-electron chi connectivity index (χ1n) is 5.83. The van der Waals surface area contributed by atoms with E-state index in [2.05, 4.69) is 4.74 Å². The lowest BCUT2D eigenvalue weighted by Crippen LogP contribution is -2.40. The summed E-state index contributed by atoms with van der Waals surface area (Å²) in [5.41, 5.74) is 1.43. The van der Waals surface area contributed by atoms with Gasteiger partial charge in [-0.3, -0.25) is 4.84 Å². The molecule has 0 N–H and O–H groups in total. The van der Waals surface area contributed by atoms with Crippen molar-refractivity contribution >= 4 is 16.9 Å². The summed E-state index contributed by atoms with van der Waals surface area (Å²) < 4.78 is 6.30. The molecule has 0 unspecified atom stereocenters. The molecule has 1 heterocycles. The van der Waals surface area contributed by atoms with Crippen LogP contribution in [0.3, 0.4) is 0 Å². The van der Waals surface area contributed by atoms with Crippen molar-refractivity contribution in [2.45, 2.75) is 13.8 Å². The maximum Gasteiger partial charge on any atom is 0.337 e. The second-order valence-electron chi connectivity index (χ2n) is 3.28. The summed E-state index contributed by atoms with van der Waals surface area (Å²) in [6, 6.07) is 9.08. The molecule has 0 fully saturated rings. The summed E-state index contributed by atoms with van der Waals surface area (Å²) >= 11 is 0. The smallest absolute Gasteiger partial charge is 0.337 e. The summed E-state index contributed by atoms with van der Waals surface area (Å²) in [5, 5.41) is 0.923. The van der Waals surface area contributed by atoms with Crippen molar-refractivity contribution < 1.29 is 19.1 Å². The number of hydrogen-bond acceptors (Lipinski definition) is 3. The minimum absolute atomic E-state index is 0.338. The van der Waals surface area contributed by atoms with Crippen molar-refractivity contribution in [1.29, 1.82) is 0 Å². The number of methoxy groups -OCH3 is 1. The van der Waals surface area contributed by atoms with Crippen molar-refractivity contribution in [3.63, 3.8) is 0 Å². The molecule has 2 aromatic rings. The minimum Gasteiger partial charge on any atom is -0.465 e. The summed E-state index contributed by atoms with van der Waals surface area (Å²) in [5.74, 6) is -0.338. The van der Waals surface area contributed by atoms with Gasteiger partial charge in [-0.05, 0) is 18.2 Å². The van der Waals surface area contributed by atoms with Crippen LogP contribution in [0.2, 0.25) is 0 Å². The van der Waals surface area contributed by atoms with Gasteiger partial charge in [-0.25, -0.2) is 4.79 Å². The van der Waals surface area contributed by atoms with E-state index >= 15 is 0 Å². The van der Waals surface area contributed by atoms with Crippen LogP contribution in [-0.2, 0) is 4.74 Å². The highest BCUT2D eigenvalue weighted by molar-refractivity contribution is 5.93. The average molecular weight is 248 g/mol. The number of fused-ring (bicyclic) bond motifs is 1. The molecule has 0 spiro atoms. The number of ether oxygens (including phenoxy) is 1. The molecule has 0 bridgehead atoms. The highest BCUT2D eigenvalue weighted by Crippen LogP contribution is 2.12. The molecular weight excluding hydrogens is 230 g/mol. The molecule has 4 heteroatoms. The number of carbonyl (C=O) groups is 1. The molecule has 0 aliphatic heterocycles. The lowest BCUT2D eigenvalue weighted by molar-refractivity contribution is -0.865. The van der Waals surface area contributed by atoms with Crippen LogP contribution in [0.15, 0.2) is 36.5 Å². The Morgan fingerprint density at radius 3 is 2.50 bits per heavy atom. The van der Waals surface area contributed by atoms with Crippen molar-refractivity contribution in [3.05, 3.63) is 42.1 Å². The van der Waals surface area contributed by atoms with Gasteiger partial charge in [0.2, 0.25) is 6.20 Å². The standard InChI is InChI=1S/C12H12NO3.C2H6/c1-15-12(14)10-5-6-11-9(8-10)4-3-7-13(11)16-2;1-2/h3-8H,1-2H3;1-2H3/q+1;. The van der Waals surface area contributed by atoms with Gasteiger partial charge >= 0.3 is 5.97 Å². The number of rotatable bonds is 2. The fourth-order valence-electron chi connectivity index (χ4n) is 1.60. The summed E-state index contributed by atoms with van der Waals surface area (Å²) in [6.45, 7) is 4.00. The highest BCUT2D eigenvalue weighted by atomic mass is 16.6. The lowest BCUT2D eigenvalue weighted by Gasteiger charge is -2.00. The van der Waals surface area contributed by atoms with Crippen LogP contribution in [-0.4, -0.2) is 20.2 Å². The van der Waals surface area contributed by atoms with Crippen LogP contribution in [0.1, 0.15) is 24.2 Å². The van der Waals surface area contributed by atoms with Gasteiger partial charge in [0.05, 0.1) is 18.1 Å².